The van der Waals surface area contributed by atoms with Crippen LogP contribution < -0.4 is 4.74 Å². The van der Waals surface area contributed by atoms with Gasteiger partial charge in [0.25, 0.3) is 0 Å². The maximum atomic E-state index is 10.4. The molecule has 1 N–H and O–H groups in total. The number of nitrogens with zero attached hydrogens (tertiary/aromatic N) is 1. The molecule has 0 fully saturated rings. The second kappa shape index (κ2) is 7.11. The van der Waals surface area contributed by atoms with Crippen molar-refractivity contribution in [3.63, 3.8) is 0 Å². The van der Waals surface area contributed by atoms with Crippen molar-refractivity contribution >= 4 is 35.2 Å². The van der Waals surface area contributed by atoms with Crippen LogP contribution in [-0.2, 0) is 11.4 Å². The summed E-state index contributed by atoms with van der Waals surface area (Å²) in [6, 6.07) is 8.66. The van der Waals surface area contributed by atoms with Gasteiger partial charge in [0.15, 0.2) is 0 Å². The van der Waals surface area contributed by atoms with E-state index in [1.165, 1.54) is 12.3 Å². The van der Waals surface area contributed by atoms with Gasteiger partial charge in [0.1, 0.15) is 12.4 Å². The van der Waals surface area contributed by atoms with Crippen molar-refractivity contribution in [3.05, 3.63) is 63.9 Å². The first-order valence-electron chi connectivity index (χ1n) is 5.98. The zero-order valence-electron chi connectivity index (χ0n) is 10.8. The number of halogens is 2. The van der Waals surface area contributed by atoms with E-state index in [0.29, 0.717) is 28.1 Å². The van der Waals surface area contributed by atoms with Gasteiger partial charge in [-0.2, -0.15) is 0 Å². The normalized spacial score (nSPS) is 10.8. The topological polar surface area (TPSA) is 59.4 Å². The minimum Gasteiger partial charge on any atom is -0.487 e. The van der Waals surface area contributed by atoms with E-state index in [1.807, 2.05) is 6.07 Å². The number of rotatable bonds is 5. The molecule has 108 valence electrons. The van der Waals surface area contributed by atoms with Crippen molar-refractivity contribution in [2.45, 2.75) is 6.61 Å². The monoisotopic (exact) mass is 323 g/mol. The van der Waals surface area contributed by atoms with Crippen LogP contribution in [0.3, 0.4) is 0 Å². The van der Waals surface area contributed by atoms with Crippen LogP contribution in [0, 0.1) is 0 Å². The minimum absolute atomic E-state index is 0.336. The Morgan fingerprint density at radius 2 is 2.05 bits per heavy atom. The predicted octanol–water partition coefficient (Wildman–Crippen LogP) is 4.07. The molecule has 2 rings (SSSR count). The van der Waals surface area contributed by atoms with Gasteiger partial charge in [0.05, 0.1) is 21.9 Å². The number of aliphatic carboxylic acids is 1. The van der Waals surface area contributed by atoms with E-state index in [2.05, 4.69) is 4.98 Å². The van der Waals surface area contributed by atoms with Gasteiger partial charge < -0.3 is 9.84 Å². The van der Waals surface area contributed by atoms with E-state index in [9.17, 15) is 4.79 Å². The molecule has 0 aliphatic carbocycles. The SMILES string of the molecule is O=C(O)C=Cc1ccc(OCc2ccc(Cl)c(Cl)c2)cn1. The lowest BCUT2D eigenvalue weighted by atomic mass is 10.2. The molecule has 1 heterocycles. The molecule has 1 aromatic heterocycles. The summed E-state index contributed by atoms with van der Waals surface area (Å²) in [7, 11) is 0. The Labute approximate surface area is 131 Å². The lowest BCUT2D eigenvalue weighted by molar-refractivity contribution is -0.131. The summed E-state index contributed by atoms with van der Waals surface area (Å²) in [4.78, 5) is 14.5. The van der Waals surface area contributed by atoms with Crippen LogP contribution in [-0.4, -0.2) is 16.1 Å². The number of hydrogen-bond donors (Lipinski definition) is 1. The molecule has 21 heavy (non-hydrogen) atoms. The third kappa shape index (κ3) is 4.77. The zero-order valence-corrected chi connectivity index (χ0v) is 12.3. The number of hydrogen-bond acceptors (Lipinski definition) is 3. The Bertz CT molecular complexity index is 669. The van der Waals surface area contributed by atoms with Crippen LogP contribution >= 0.6 is 23.2 Å². The molecule has 0 aliphatic rings. The average Bonchev–Trinajstić information content (AvgIpc) is 2.47. The Morgan fingerprint density at radius 3 is 2.67 bits per heavy atom. The summed E-state index contributed by atoms with van der Waals surface area (Å²) >= 11 is 11.8. The molecule has 1 aromatic carbocycles. The van der Waals surface area contributed by atoms with Crippen molar-refractivity contribution in [3.8, 4) is 5.75 Å². The quantitative estimate of drug-likeness (QED) is 0.843. The predicted molar refractivity (Wildman–Crippen MR) is 81.7 cm³/mol. The summed E-state index contributed by atoms with van der Waals surface area (Å²) in [5, 5.41) is 9.50. The highest BCUT2D eigenvalue weighted by Gasteiger charge is 2.01. The molecular weight excluding hydrogens is 313 g/mol. The molecule has 2 aromatic rings. The Kier molecular flexibility index (Phi) is 5.20. The van der Waals surface area contributed by atoms with Gasteiger partial charge in [-0.3, -0.25) is 4.98 Å². The fourth-order valence-electron chi connectivity index (χ4n) is 1.53. The van der Waals surface area contributed by atoms with Crippen molar-refractivity contribution in [2.75, 3.05) is 0 Å². The summed E-state index contributed by atoms with van der Waals surface area (Å²) in [5.41, 5.74) is 1.43. The lowest BCUT2D eigenvalue weighted by Crippen LogP contribution is -1.96. The molecule has 0 amide bonds. The molecule has 0 saturated carbocycles. The van der Waals surface area contributed by atoms with Gasteiger partial charge in [-0.05, 0) is 35.9 Å². The van der Waals surface area contributed by atoms with Crippen molar-refractivity contribution in [1.29, 1.82) is 0 Å². The van der Waals surface area contributed by atoms with Crippen molar-refractivity contribution < 1.29 is 14.6 Å². The highest BCUT2D eigenvalue weighted by atomic mass is 35.5. The van der Waals surface area contributed by atoms with E-state index in [0.717, 1.165) is 11.6 Å². The highest BCUT2D eigenvalue weighted by molar-refractivity contribution is 6.42. The summed E-state index contributed by atoms with van der Waals surface area (Å²) in [6.07, 6.45) is 3.96. The second-order valence-electron chi connectivity index (χ2n) is 4.13. The number of carbonyl (C=O) groups is 1. The van der Waals surface area contributed by atoms with E-state index in [4.69, 9.17) is 33.0 Å². The number of carboxylic acids is 1. The lowest BCUT2D eigenvalue weighted by Gasteiger charge is -2.07. The number of ether oxygens (including phenoxy) is 1. The number of pyridine rings is 1. The highest BCUT2D eigenvalue weighted by Crippen LogP contribution is 2.23. The van der Waals surface area contributed by atoms with Crippen LogP contribution in [0.25, 0.3) is 6.08 Å². The first kappa shape index (κ1) is 15.4. The van der Waals surface area contributed by atoms with Gasteiger partial charge >= 0.3 is 5.97 Å². The first-order chi connectivity index (χ1) is 10.0. The zero-order chi connectivity index (χ0) is 15.2. The molecule has 0 aliphatic heterocycles. The van der Waals surface area contributed by atoms with Gasteiger partial charge in [-0.1, -0.05) is 29.3 Å². The average molecular weight is 324 g/mol. The molecule has 4 nitrogen and oxygen atoms in total. The van der Waals surface area contributed by atoms with Crippen LogP contribution in [0.15, 0.2) is 42.6 Å². The molecule has 6 heteroatoms. The van der Waals surface area contributed by atoms with Gasteiger partial charge in [-0.15, -0.1) is 0 Å². The fraction of sp³-hybridized carbons (Fsp3) is 0.0667. The van der Waals surface area contributed by atoms with Crippen LogP contribution in [0.5, 0.6) is 5.75 Å². The Morgan fingerprint density at radius 1 is 1.24 bits per heavy atom. The largest absolute Gasteiger partial charge is 0.487 e. The minimum atomic E-state index is -1.02. The van der Waals surface area contributed by atoms with Crippen molar-refractivity contribution in [1.82, 2.24) is 4.98 Å². The van der Waals surface area contributed by atoms with Gasteiger partial charge in [0, 0.05) is 6.08 Å². The molecule has 0 saturated heterocycles. The van der Waals surface area contributed by atoms with Crippen LogP contribution in [0.4, 0.5) is 0 Å². The first-order valence-corrected chi connectivity index (χ1v) is 6.74. The fourth-order valence-corrected chi connectivity index (χ4v) is 1.85. The summed E-state index contributed by atoms with van der Waals surface area (Å²) in [5.74, 6) is -0.440. The second-order valence-corrected chi connectivity index (χ2v) is 4.94. The third-order valence-corrected chi connectivity index (χ3v) is 3.28. The molecule has 0 spiro atoms. The molecule has 0 bridgehead atoms. The van der Waals surface area contributed by atoms with Gasteiger partial charge in [0.2, 0.25) is 0 Å². The van der Waals surface area contributed by atoms with Crippen molar-refractivity contribution in [2.24, 2.45) is 0 Å². The van der Waals surface area contributed by atoms with Crippen LogP contribution in [0.1, 0.15) is 11.3 Å². The Hall–Kier alpha value is -2.04. The number of aromatic nitrogens is 1. The molecule has 0 atom stereocenters. The molecule has 0 unspecified atom stereocenters. The smallest absolute Gasteiger partial charge is 0.328 e. The van der Waals surface area contributed by atoms with E-state index in [1.54, 1.807) is 24.3 Å². The number of benzene rings is 1. The Balaban J connectivity index is 1.97. The molecule has 0 radical (unpaired) electrons. The third-order valence-electron chi connectivity index (χ3n) is 2.55. The van der Waals surface area contributed by atoms with E-state index in [-0.39, 0.29) is 0 Å². The summed E-state index contributed by atoms with van der Waals surface area (Å²) < 4.78 is 5.56. The van der Waals surface area contributed by atoms with Gasteiger partial charge in [-0.25, -0.2) is 4.79 Å². The summed E-state index contributed by atoms with van der Waals surface area (Å²) in [6.45, 7) is 0.336. The number of carboxylic acid groups (broad SMARTS) is 1. The molecular formula is C15H11Cl2NO3. The standard InChI is InChI=1S/C15H11Cl2NO3/c16-13-5-1-10(7-14(13)17)9-21-12-4-2-11(18-8-12)3-6-15(19)20/h1-8H,9H2,(H,19,20). The van der Waals surface area contributed by atoms with Crippen LogP contribution in [0.2, 0.25) is 10.0 Å². The maximum Gasteiger partial charge on any atom is 0.328 e. The van der Waals surface area contributed by atoms with E-state index >= 15 is 0 Å². The van der Waals surface area contributed by atoms with E-state index < -0.39 is 5.97 Å². The maximum absolute atomic E-state index is 10.4.